The van der Waals surface area contributed by atoms with Crippen LogP contribution < -0.4 is 11.2 Å². The van der Waals surface area contributed by atoms with Crippen LogP contribution in [0.15, 0.2) is 36.5 Å². The second kappa shape index (κ2) is 6.02. The van der Waals surface area contributed by atoms with Crippen LogP contribution in [0.2, 0.25) is 0 Å². The van der Waals surface area contributed by atoms with Crippen molar-refractivity contribution in [3.8, 4) is 0 Å². The van der Waals surface area contributed by atoms with Crippen molar-refractivity contribution >= 4 is 17.5 Å². The molecular weight excluding hydrogens is 333 g/mol. The normalized spacial score (nSPS) is 11.1. The van der Waals surface area contributed by atoms with E-state index in [4.69, 9.17) is 5.73 Å². The monoisotopic (exact) mass is 342 g/mol. The predicted molar refractivity (Wildman–Crippen MR) is 74.3 cm³/mol. The molecule has 0 bridgehead atoms. The van der Waals surface area contributed by atoms with Crippen molar-refractivity contribution < 1.29 is 27.7 Å². The van der Waals surface area contributed by atoms with E-state index in [2.05, 4.69) is 0 Å². The number of nitrogens with one attached hydrogen (secondary N) is 1. The summed E-state index contributed by atoms with van der Waals surface area (Å²) >= 11 is 0. The molecule has 1 aromatic heterocycles. The maximum absolute atomic E-state index is 14.1. The molecule has 3 N–H and O–H groups in total. The lowest BCUT2D eigenvalue weighted by Gasteiger charge is -2.17. The molecule has 0 spiro atoms. The topological polar surface area (TPSA) is 120 Å². The van der Waals surface area contributed by atoms with Gasteiger partial charge in [-0.15, -0.1) is 0 Å². The molecule has 0 unspecified atom stereocenters. The van der Waals surface area contributed by atoms with Gasteiger partial charge in [-0.25, -0.2) is 9.07 Å². The van der Waals surface area contributed by atoms with E-state index in [-0.39, 0.29) is 0 Å². The molecule has 8 nitrogen and oxygen atoms in total. The molecule has 0 aliphatic heterocycles. The van der Waals surface area contributed by atoms with Gasteiger partial charge in [-0.1, -0.05) is 0 Å². The Labute approximate surface area is 131 Å². The molecule has 0 saturated heterocycles. The van der Waals surface area contributed by atoms with Crippen LogP contribution in [0.5, 0.6) is 0 Å². The van der Waals surface area contributed by atoms with Crippen molar-refractivity contribution in [2.45, 2.75) is 5.92 Å². The number of alkyl halides is 2. The van der Waals surface area contributed by atoms with Gasteiger partial charge in [-0.3, -0.25) is 25.1 Å². The number of carbonyl (C=O) groups is 2. The first-order chi connectivity index (χ1) is 11.1. The summed E-state index contributed by atoms with van der Waals surface area (Å²) < 4.78 is 41.3. The summed E-state index contributed by atoms with van der Waals surface area (Å²) in [6, 6.07) is 3.63. The molecule has 2 rings (SSSR count). The van der Waals surface area contributed by atoms with E-state index in [0.29, 0.717) is 23.0 Å². The average Bonchev–Trinajstić information content (AvgIpc) is 2.92. The summed E-state index contributed by atoms with van der Waals surface area (Å²) in [5.41, 5.74) is 4.63. The van der Waals surface area contributed by atoms with Gasteiger partial charge in [0.25, 0.3) is 11.6 Å². The molecule has 0 radical (unpaired) electrons. The summed E-state index contributed by atoms with van der Waals surface area (Å²) in [7, 11) is 0. The molecule has 24 heavy (non-hydrogen) atoms. The molecule has 0 fully saturated rings. The third kappa shape index (κ3) is 3.19. The van der Waals surface area contributed by atoms with Gasteiger partial charge in [0.05, 0.1) is 4.92 Å². The van der Waals surface area contributed by atoms with Crippen molar-refractivity contribution in [3.05, 3.63) is 63.7 Å². The highest BCUT2D eigenvalue weighted by Crippen LogP contribution is 2.29. The molecule has 0 aliphatic carbocycles. The van der Waals surface area contributed by atoms with E-state index in [0.717, 1.165) is 18.2 Å². The zero-order valence-electron chi connectivity index (χ0n) is 11.7. The van der Waals surface area contributed by atoms with Gasteiger partial charge >= 0.3 is 11.8 Å². The Hall–Kier alpha value is -3.37. The molecule has 2 aromatic rings. The Balaban J connectivity index is 2.33. The zero-order valence-corrected chi connectivity index (χ0v) is 11.7. The summed E-state index contributed by atoms with van der Waals surface area (Å²) in [5, 5.41) is 10.7. The van der Waals surface area contributed by atoms with Crippen LogP contribution >= 0.6 is 0 Å². The van der Waals surface area contributed by atoms with Crippen LogP contribution in [0.4, 0.5) is 18.9 Å². The van der Waals surface area contributed by atoms with Crippen molar-refractivity contribution in [2.75, 3.05) is 5.43 Å². The molecule has 0 atom stereocenters. The van der Waals surface area contributed by atoms with Crippen LogP contribution in [0, 0.1) is 15.9 Å². The first kappa shape index (κ1) is 17.0. The van der Waals surface area contributed by atoms with Gasteiger partial charge in [-0.05, 0) is 24.3 Å². The van der Waals surface area contributed by atoms with Gasteiger partial charge in [0.1, 0.15) is 17.7 Å². The molecule has 126 valence electrons. The number of aromatic nitrogens is 1. The van der Waals surface area contributed by atoms with Crippen LogP contribution in [0.25, 0.3) is 0 Å². The van der Waals surface area contributed by atoms with Crippen molar-refractivity contribution in [1.29, 1.82) is 0 Å². The number of benzene rings is 1. The standard InChI is InChI=1S/C13H9F3N4O4/c14-8-3-1-7(2-4-8)13(15,16)12(22)18-19-6-9(20(23)24)5-10(19)11(17)21/h1-6H,(H2,17,21)(H,18,22). The lowest BCUT2D eigenvalue weighted by Crippen LogP contribution is -2.38. The van der Waals surface area contributed by atoms with Crippen LogP contribution in [0.1, 0.15) is 16.1 Å². The smallest absolute Gasteiger partial charge is 0.351 e. The van der Waals surface area contributed by atoms with Crippen molar-refractivity contribution in [1.82, 2.24) is 4.68 Å². The highest BCUT2D eigenvalue weighted by molar-refractivity contribution is 5.95. The SMILES string of the molecule is NC(=O)c1cc([N+](=O)[O-])cn1NC(=O)C(F)(F)c1ccc(F)cc1. The van der Waals surface area contributed by atoms with E-state index in [1.54, 1.807) is 5.43 Å². The van der Waals surface area contributed by atoms with Crippen molar-refractivity contribution in [2.24, 2.45) is 5.73 Å². The van der Waals surface area contributed by atoms with E-state index >= 15 is 0 Å². The Morgan fingerprint density at radius 1 is 1.25 bits per heavy atom. The summed E-state index contributed by atoms with van der Waals surface area (Å²) in [4.78, 5) is 32.7. The highest BCUT2D eigenvalue weighted by atomic mass is 19.3. The molecule has 1 aromatic carbocycles. The van der Waals surface area contributed by atoms with E-state index < -0.39 is 45.4 Å². The summed E-state index contributed by atoms with van der Waals surface area (Å²) in [6.45, 7) is 0. The average molecular weight is 342 g/mol. The predicted octanol–water partition coefficient (Wildman–Crippen LogP) is 1.50. The molecule has 11 heteroatoms. The molecule has 1 heterocycles. The minimum absolute atomic E-state index is 0.431. The second-order valence-corrected chi connectivity index (χ2v) is 4.60. The minimum atomic E-state index is -4.08. The number of halogens is 3. The number of hydrogen-bond acceptors (Lipinski definition) is 4. The minimum Gasteiger partial charge on any atom is -0.364 e. The fraction of sp³-hybridized carbons (Fsp3) is 0.0769. The molecular formula is C13H9F3N4O4. The highest BCUT2D eigenvalue weighted by Gasteiger charge is 2.41. The Morgan fingerprint density at radius 3 is 2.33 bits per heavy atom. The maximum Gasteiger partial charge on any atom is 0.351 e. The molecule has 0 aliphatic rings. The maximum atomic E-state index is 14.1. The fourth-order valence-electron chi connectivity index (χ4n) is 1.80. The Kier molecular flexibility index (Phi) is 4.26. The molecule has 2 amide bonds. The van der Waals surface area contributed by atoms with Gasteiger partial charge in [0.15, 0.2) is 0 Å². The largest absolute Gasteiger partial charge is 0.364 e. The van der Waals surface area contributed by atoms with Crippen LogP contribution in [-0.2, 0) is 10.7 Å². The zero-order chi connectivity index (χ0) is 18.1. The van der Waals surface area contributed by atoms with Gasteiger partial charge in [0, 0.05) is 11.6 Å². The van der Waals surface area contributed by atoms with Gasteiger partial charge in [0.2, 0.25) is 0 Å². The molecule has 0 saturated carbocycles. The number of rotatable bonds is 5. The third-order valence-corrected chi connectivity index (χ3v) is 2.98. The first-order valence-corrected chi connectivity index (χ1v) is 6.25. The van der Waals surface area contributed by atoms with Gasteiger partial charge < -0.3 is 5.73 Å². The fourth-order valence-corrected chi connectivity index (χ4v) is 1.80. The van der Waals surface area contributed by atoms with Crippen LogP contribution in [-0.4, -0.2) is 21.4 Å². The number of nitrogens with two attached hydrogens (primary N) is 1. The lowest BCUT2D eigenvalue weighted by molar-refractivity contribution is -0.384. The second-order valence-electron chi connectivity index (χ2n) is 4.60. The summed E-state index contributed by atoms with van der Waals surface area (Å²) in [5.74, 6) is -7.91. The Morgan fingerprint density at radius 2 is 1.83 bits per heavy atom. The van der Waals surface area contributed by atoms with E-state index in [1.807, 2.05) is 0 Å². The summed E-state index contributed by atoms with van der Waals surface area (Å²) in [6.07, 6.45) is 0.652. The number of primary amides is 1. The number of hydrogen-bond donors (Lipinski definition) is 2. The number of amides is 2. The van der Waals surface area contributed by atoms with E-state index in [1.165, 1.54) is 0 Å². The lowest BCUT2D eigenvalue weighted by atomic mass is 10.1. The van der Waals surface area contributed by atoms with Crippen LogP contribution in [0.3, 0.4) is 0 Å². The van der Waals surface area contributed by atoms with Crippen molar-refractivity contribution in [3.63, 3.8) is 0 Å². The number of nitro groups is 1. The van der Waals surface area contributed by atoms with Gasteiger partial charge in [-0.2, -0.15) is 8.78 Å². The quantitative estimate of drug-likeness (QED) is 0.632. The first-order valence-electron chi connectivity index (χ1n) is 6.25. The Bertz CT molecular complexity index is 817. The number of nitrogens with zero attached hydrogens (tertiary/aromatic N) is 2. The van der Waals surface area contributed by atoms with E-state index in [9.17, 15) is 32.9 Å². The third-order valence-electron chi connectivity index (χ3n) is 2.98. The number of carbonyl (C=O) groups excluding carboxylic acids is 2.